The van der Waals surface area contributed by atoms with Crippen LogP contribution in [0.5, 0.6) is 0 Å². The fourth-order valence-corrected chi connectivity index (χ4v) is 2.34. The summed E-state index contributed by atoms with van der Waals surface area (Å²) >= 11 is 0. The van der Waals surface area contributed by atoms with Gasteiger partial charge in [-0.05, 0) is 25.3 Å². The number of fused-ring (bicyclic) bond motifs is 1. The van der Waals surface area contributed by atoms with Gasteiger partial charge in [0.05, 0.1) is 22.9 Å². The van der Waals surface area contributed by atoms with E-state index in [1.54, 1.807) is 18.3 Å². The van der Waals surface area contributed by atoms with Gasteiger partial charge in [0.1, 0.15) is 0 Å². The van der Waals surface area contributed by atoms with Gasteiger partial charge >= 0.3 is 0 Å². The van der Waals surface area contributed by atoms with Crippen molar-refractivity contribution in [2.24, 2.45) is 0 Å². The number of para-hydroxylation sites is 2. The second-order valence-electron chi connectivity index (χ2n) is 5.25. The number of aromatic nitrogens is 2. The lowest BCUT2D eigenvalue weighted by atomic mass is 10.2. The van der Waals surface area contributed by atoms with E-state index in [9.17, 15) is 4.79 Å². The predicted molar refractivity (Wildman–Crippen MR) is 82.6 cm³/mol. The molecule has 5 heteroatoms. The summed E-state index contributed by atoms with van der Waals surface area (Å²) in [5.74, 6) is 0.0399. The van der Waals surface area contributed by atoms with Crippen molar-refractivity contribution >= 4 is 23.0 Å². The van der Waals surface area contributed by atoms with E-state index in [2.05, 4.69) is 21.9 Å². The van der Waals surface area contributed by atoms with E-state index < -0.39 is 0 Å². The first-order valence-corrected chi connectivity index (χ1v) is 7.10. The van der Waals surface area contributed by atoms with Gasteiger partial charge in [0.15, 0.2) is 0 Å². The second kappa shape index (κ2) is 6.01. The average Bonchev–Trinajstić information content (AvgIpc) is 2.53. The van der Waals surface area contributed by atoms with Crippen LogP contribution in [0.3, 0.4) is 0 Å². The molecule has 108 valence electrons. The van der Waals surface area contributed by atoms with Crippen molar-refractivity contribution in [3.05, 3.63) is 42.2 Å². The first kappa shape index (κ1) is 13.7. The third-order valence-corrected chi connectivity index (χ3v) is 3.68. The molecule has 1 aliphatic rings. The van der Waals surface area contributed by atoms with Crippen LogP contribution in [0, 0.1) is 0 Å². The van der Waals surface area contributed by atoms with Crippen LogP contribution in [0.1, 0.15) is 5.69 Å². The normalized spacial score (nSPS) is 16.7. The zero-order chi connectivity index (χ0) is 14.7. The molecule has 5 nitrogen and oxygen atoms in total. The molecule has 0 atom stereocenters. The highest BCUT2D eigenvalue weighted by Gasteiger charge is 2.16. The Balaban J connectivity index is 1.70. The lowest BCUT2D eigenvalue weighted by Crippen LogP contribution is -2.46. The molecular formula is C16H18N4O. The van der Waals surface area contributed by atoms with Gasteiger partial charge in [-0.1, -0.05) is 12.1 Å². The van der Waals surface area contributed by atoms with Gasteiger partial charge in [0.25, 0.3) is 0 Å². The van der Waals surface area contributed by atoms with Crippen molar-refractivity contribution in [3.8, 4) is 0 Å². The molecule has 0 radical (unpaired) electrons. The molecule has 1 aromatic heterocycles. The molecule has 2 aromatic rings. The molecule has 0 N–H and O–H groups in total. The Morgan fingerprint density at radius 1 is 1.14 bits per heavy atom. The van der Waals surface area contributed by atoms with Gasteiger partial charge in [-0.25, -0.2) is 4.98 Å². The SMILES string of the molecule is CN1CCN(C(=O)C=Cc2cnc3ccccc3n2)CC1. The third kappa shape index (κ3) is 3.25. The Morgan fingerprint density at radius 2 is 1.86 bits per heavy atom. The summed E-state index contributed by atoms with van der Waals surface area (Å²) < 4.78 is 0. The Hall–Kier alpha value is -2.27. The maximum Gasteiger partial charge on any atom is 0.246 e. The van der Waals surface area contributed by atoms with Gasteiger partial charge in [-0.15, -0.1) is 0 Å². The number of likely N-dealkylation sites (N-methyl/N-ethyl adjacent to an activating group) is 1. The Labute approximate surface area is 123 Å². The van der Waals surface area contributed by atoms with Crippen LogP contribution in [0.2, 0.25) is 0 Å². The van der Waals surface area contributed by atoms with Crippen molar-refractivity contribution in [3.63, 3.8) is 0 Å². The van der Waals surface area contributed by atoms with E-state index in [0.717, 1.165) is 37.2 Å². The molecule has 0 bridgehead atoms. The monoisotopic (exact) mass is 282 g/mol. The molecule has 1 fully saturated rings. The fraction of sp³-hybridized carbons (Fsp3) is 0.312. The van der Waals surface area contributed by atoms with Crippen molar-refractivity contribution < 1.29 is 4.79 Å². The molecule has 1 aromatic carbocycles. The van der Waals surface area contributed by atoms with Gasteiger partial charge in [0.2, 0.25) is 5.91 Å². The van der Waals surface area contributed by atoms with Gasteiger partial charge in [-0.2, -0.15) is 0 Å². The van der Waals surface area contributed by atoms with E-state index in [1.165, 1.54) is 0 Å². The summed E-state index contributed by atoms with van der Waals surface area (Å²) in [5, 5.41) is 0. The molecule has 0 spiro atoms. The highest BCUT2D eigenvalue weighted by Crippen LogP contribution is 2.09. The van der Waals surface area contributed by atoms with Crippen LogP contribution in [-0.2, 0) is 4.79 Å². The lowest BCUT2D eigenvalue weighted by Gasteiger charge is -2.31. The molecule has 0 unspecified atom stereocenters. The Kier molecular flexibility index (Phi) is 3.92. The van der Waals surface area contributed by atoms with Gasteiger partial charge in [0, 0.05) is 32.3 Å². The molecule has 1 amide bonds. The summed E-state index contributed by atoms with van der Waals surface area (Å²) in [6.45, 7) is 3.41. The fourth-order valence-electron chi connectivity index (χ4n) is 2.34. The number of carbonyl (C=O) groups excluding carboxylic acids is 1. The summed E-state index contributed by atoms with van der Waals surface area (Å²) in [6.07, 6.45) is 5.01. The largest absolute Gasteiger partial charge is 0.337 e. The average molecular weight is 282 g/mol. The van der Waals surface area contributed by atoms with Crippen molar-refractivity contribution in [1.82, 2.24) is 19.8 Å². The van der Waals surface area contributed by atoms with Crippen molar-refractivity contribution in [2.45, 2.75) is 0 Å². The van der Waals surface area contributed by atoms with Crippen LogP contribution >= 0.6 is 0 Å². The number of piperazine rings is 1. The number of nitrogens with zero attached hydrogens (tertiary/aromatic N) is 4. The molecule has 0 saturated carbocycles. The molecule has 1 aliphatic heterocycles. The number of hydrogen-bond donors (Lipinski definition) is 0. The minimum atomic E-state index is 0.0399. The third-order valence-electron chi connectivity index (χ3n) is 3.68. The van der Waals surface area contributed by atoms with E-state index in [0.29, 0.717) is 5.69 Å². The highest BCUT2D eigenvalue weighted by atomic mass is 16.2. The van der Waals surface area contributed by atoms with Gasteiger partial charge < -0.3 is 9.80 Å². The number of benzene rings is 1. The number of amides is 1. The summed E-state index contributed by atoms with van der Waals surface area (Å²) in [7, 11) is 2.07. The maximum atomic E-state index is 12.1. The molecular weight excluding hydrogens is 264 g/mol. The van der Waals surface area contributed by atoms with Crippen LogP contribution in [0.15, 0.2) is 36.5 Å². The van der Waals surface area contributed by atoms with E-state index >= 15 is 0 Å². The van der Waals surface area contributed by atoms with Crippen LogP contribution in [0.25, 0.3) is 17.1 Å². The van der Waals surface area contributed by atoms with Crippen LogP contribution in [0.4, 0.5) is 0 Å². The second-order valence-corrected chi connectivity index (χ2v) is 5.25. The highest BCUT2D eigenvalue weighted by molar-refractivity contribution is 5.91. The van der Waals surface area contributed by atoms with Crippen LogP contribution < -0.4 is 0 Å². The van der Waals surface area contributed by atoms with Crippen molar-refractivity contribution in [2.75, 3.05) is 33.2 Å². The van der Waals surface area contributed by atoms with Crippen molar-refractivity contribution in [1.29, 1.82) is 0 Å². The topological polar surface area (TPSA) is 49.3 Å². The number of carbonyl (C=O) groups is 1. The zero-order valence-corrected chi connectivity index (χ0v) is 12.1. The van der Waals surface area contributed by atoms with Crippen LogP contribution in [-0.4, -0.2) is 58.9 Å². The molecule has 0 aliphatic carbocycles. The number of hydrogen-bond acceptors (Lipinski definition) is 4. The quantitative estimate of drug-likeness (QED) is 0.782. The van der Waals surface area contributed by atoms with E-state index in [4.69, 9.17) is 0 Å². The maximum absolute atomic E-state index is 12.1. The number of rotatable bonds is 2. The zero-order valence-electron chi connectivity index (χ0n) is 12.1. The molecule has 3 rings (SSSR count). The smallest absolute Gasteiger partial charge is 0.246 e. The first-order chi connectivity index (χ1) is 10.2. The minimum absolute atomic E-state index is 0.0399. The summed E-state index contributed by atoms with van der Waals surface area (Å²) in [6, 6.07) is 7.70. The molecule has 1 saturated heterocycles. The lowest BCUT2D eigenvalue weighted by molar-refractivity contribution is -0.127. The van der Waals surface area contributed by atoms with Gasteiger partial charge in [-0.3, -0.25) is 9.78 Å². The minimum Gasteiger partial charge on any atom is -0.337 e. The Bertz CT molecular complexity index is 675. The summed E-state index contributed by atoms with van der Waals surface area (Å²) in [5.41, 5.74) is 2.41. The van der Waals surface area contributed by atoms with E-state index in [-0.39, 0.29) is 5.91 Å². The summed E-state index contributed by atoms with van der Waals surface area (Å²) in [4.78, 5) is 25.0. The standard InChI is InChI=1S/C16H18N4O/c1-19-8-10-20(11-9-19)16(21)7-6-13-12-17-14-4-2-3-5-15(14)18-13/h2-7,12H,8-11H2,1H3. The molecule has 2 heterocycles. The Morgan fingerprint density at radius 3 is 2.62 bits per heavy atom. The van der Waals surface area contributed by atoms with E-state index in [1.807, 2.05) is 29.2 Å². The first-order valence-electron chi connectivity index (χ1n) is 7.10. The molecule has 21 heavy (non-hydrogen) atoms. The predicted octanol–water partition coefficient (Wildman–Crippen LogP) is 1.42.